The Kier molecular flexibility index (Phi) is 2.27. The maximum atomic E-state index is 6.40. The topological polar surface area (TPSA) is 35.2 Å². The summed E-state index contributed by atoms with van der Waals surface area (Å²) < 4.78 is 5.62. The molecule has 2 heteroatoms. The van der Waals surface area contributed by atoms with Crippen molar-refractivity contribution in [1.82, 2.24) is 0 Å². The van der Waals surface area contributed by atoms with Gasteiger partial charge in [0, 0.05) is 5.56 Å². The van der Waals surface area contributed by atoms with Crippen LogP contribution in [0.25, 0.3) is 0 Å². The predicted molar refractivity (Wildman–Crippen MR) is 61.9 cm³/mol. The molecule has 82 valence electrons. The Morgan fingerprint density at radius 2 is 1.93 bits per heavy atom. The molecule has 1 aromatic rings. The van der Waals surface area contributed by atoms with E-state index in [2.05, 4.69) is 19.9 Å². The van der Waals surface area contributed by atoms with Crippen LogP contribution in [0, 0.1) is 5.41 Å². The Hall–Kier alpha value is -1.02. The van der Waals surface area contributed by atoms with Gasteiger partial charge in [-0.2, -0.15) is 0 Å². The molecule has 0 heterocycles. The third kappa shape index (κ3) is 1.53. The highest BCUT2D eigenvalue weighted by Gasteiger charge is 2.60. The quantitative estimate of drug-likeness (QED) is 0.823. The van der Waals surface area contributed by atoms with Crippen LogP contribution < -0.4 is 10.5 Å². The summed E-state index contributed by atoms with van der Waals surface area (Å²) in [5, 5.41) is 0. The van der Waals surface area contributed by atoms with Gasteiger partial charge in [-0.1, -0.05) is 32.0 Å². The molecule has 1 aliphatic rings. The summed E-state index contributed by atoms with van der Waals surface area (Å²) >= 11 is 0. The molecule has 2 rings (SSSR count). The number of ether oxygens (including phenoxy) is 1. The maximum absolute atomic E-state index is 6.40. The summed E-state index contributed by atoms with van der Waals surface area (Å²) in [5.74, 6) is 0.938. The van der Waals surface area contributed by atoms with Crippen LogP contribution in [0.1, 0.15) is 32.8 Å². The van der Waals surface area contributed by atoms with Crippen LogP contribution in [0.3, 0.4) is 0 Å². The second-order valence-electron chi connectivity index (χ2n) is 4.96. The molecular weight excluding hydrogens is 186 g/mol. The molecule has 0 spiro atoms. The standard InChI is InChI=1S/C13H19NO/c1-4-15-11-8-6-5-7-10(11)13(14)9-12(13,2)3/h5-8H,4,9,14H2,1-3H3. The van der Waals surface area contributed by atoms with E-state index in [-0.39, 0.29) is 11.0 Å². The SMILES string of the molecule is CCOc1ccccc1C1(N)CC1(C)C. The molecule has 0 aliphatic heterocycles. The molecule has 15 heavy (non-hydrogen) atoms. The van der Waals surface area contributed by atoms with Gasteiger partial charge in [-0.3, -0.25) is 0 Å². The Balaban J connectivity index is 2.37. The van der Waals surface area contributed by atoms with E-state index < -0.39 is 0 Å². The Morgan fingerprint density at radius 1 is 1.33 bits per heavy atom. The summed E-state index contributed by atoms with van der Waals surface area (Å²) in [4.78, 5) is 0. The van der Waals surface area contributed by atoms with Crippen molar-refractivity contribution in [3.63, 3.8) is 0 Å². The van der Waals surface area contributed by atoms with Crippen LogP contribution in [-0.4, -0.2) is 6.61 Å². The van der Waals surface area contributed by atoms with Crippen LogP contribution in [0.2, 0.25) is 0 Å². The molecule has 1 fully saturated rings. The number of para-hydroxylation sites is 1. The summed E-state index contributed by atoms with van der Waals surface area (Å²) in [6.07, 6.45) is 1.03. The van der Waals surface area contributed by atoms with Crippen LogP contribution in [0.5, 0.6) is 5.75 Å². The first-order valence-electron chi connectivity index (χ1n) is 5.52. The van der Waals surface area contributed by atoms with Crippen molar-refractivity contribution >= 4 is 0 Å². The van der Waals surface area contributed by atoms with Gasteiger partial charge in [0.15, 0.2) is 0 Å². The average molecular weight is 205 g/mol. The molecule has 0 aromatic heterocycles. The van der Waals surface area contributed by atoms with E-state index in [1.165, 1.54) is 0 Å². The van der Waals surface area contributed by atoms with Gasteiger partial charge >= 0.3 is 0 Å². The lowest BCUT2D eigenvalue weighted by Crippen LogP contribution is -2.26. The first kappa shape index (κ1) is 10.5. The summed E-state index contributed by atoms with van der Waals surface area (Å²) in [6, 6.07) is 8.11. The molecule has 1 atom stereocenters. The third-order valence-electron chi connectivity index (χ3n) is 3.47. The van der Waals surface area contributed by atoms with Gasteiger partial charge in [0.1, 0.15) is 5.75 Å². The van der Waals surface area contributed by atoms with Gasteiger partial charge < -0.3 is 10.5 Å². The van der Waals surface area contributed by atoms with Gasteiger partial charge in [0.2, 0.25) is 0 Å². The van der Waals surface area contributed by atoms with Gasteiger partial charge in [0.05, 0.1) is 12.1 Å². The number of rotatable bonds is 3. The van der Waals surface area contributed by atoms with Crippen molar-refractivity contribution in [3.05, 3.63) is 29.8 Å². The van der Waals surface area contributed by atoms with Gasteiger partial charge in [-0.25, -0.2) is 0 Å². The fraction of sp³-hybridized carbons (Fsp3) is 0.538. The summed E-state index contributed by atoms with van der Waals surface area (Å²) in [6.45, 7) is 7.09. The van der Waals surface area contributed by atoms with Crippen molar-refractivity contribution in [2.75, 3.05) is 6.61 Å². The fourth-order valence-corrected chi connectivity index (χ4v) is 2.23. The van der Waals surface area contributed by atoms with E-state index >= 15 is 0 Å². The lowest BCUT2D eigenvalue weighted by molar-refractivity contribution is 0.330. The van der Waals surface area contributed by atoms with Crippen molar-refractivity contribution in [2.45, 2.75) is 32.7 Å². The van der Waals surface area contributed by atoms with E-state index in [9.17, 15) is 0 Å². The Morgan fingerprint density at radius 3 is 2.47 bits per heavy atom. The Labute approximate surface area is 91.4 Å². The highest BCUT2D eigenvalue weighted by atomic mass is 16.5. The molecule has 0 bridgehead atoms. The van der Waals surface area contributed by atoms with Crippen LogP contribution in [0.4, 0.5) is 0 Å². The zero-order valence-electron chi connectivity index (χ0n) is 9.71. The largest absolute Gasteiger partial charge is 0.494 e. The number of hydrogen-bond donors (Lipinski definition) is 1. The predicted octanol–water partition coefficient (Wildman–Crippen LogP) is 2.67. The molecular formula is C13H19NO. The van der Waals surface area contributed by atoms with E-state index in [0.717, 1.165) is 17.7 Å². The molecule has 0 radical (unpaired) electrons. The second-order valence-corrected chi connectivity index (χ2v) is 4.96. The first-order valence-corrected chi connectivity index (χ1v) is 5.52. The molecule has 2 nitrogen and oxygen atoms in total. The van der Waals surface area contributed by atoms with Gasteiger partial charge in [-0.15, -0.1) is 0 Å². The lowest BCUT2D eigenvalue weighted by atomic mass is 9.96. The normalized spacial score (nSPS) is 27.5. The molecule has 1 aliphatic carbocycles. The van der Waals surface area contributed by atoms with E-state index in [1.54, 1.807) is 0 Å². The average Bonchev–Trinajstić information content (AvgIpc) is 2.68. The minimum Gasteiger partial charge on any atom is -0.494 e. The smallest absolute Gasteiger partial charge is 0.124 e. The molecule has 0 saturated heterocycles. The van der Waals surface area contributed by atoms with Crippen LogP contribution >= 0.6 is 0 Å². The minimum atomic E-state index is -0.196. The molecule has 1 unspecified atom stereocenters. The van der Waals surface area contributed by atoms with E-state index in [1.807, 2.05) is 25.1 Å². The van der Waals surface area contributed by atoms with E-state index in [4.69, 9.17) is 10.5 Å². The van der Waals surface area contributed by atoms with Gasteiger partial charge in [0.25, 0.3) is 0 Å². The monoisotopic (exact) mass is 205 g/mol. The Bertz CT molecular complexity index is 373. The van der Waals surface area contributed by atoms with Crippen molar-refractivity contribution in [3.8, 4) is 5.75 Å². The summed E-state index contributed by atoms with van der Waals surface area (Å²) in [7, 11) is 0. The first-order chi connectivity index (χ1) is 7.01. The zero-order chi connectivity index (χ0) is 11.1. The van der Waals surface area contributed by atoms with Crippen molar-refractivity contribution < 1.29 is 4.74 Å². The molecule has 1 aromatic carbocycles. The molecule has 2 N–H and O–H groups in total. The molecule has 1 saturated carbocycles. The van der Waals surface area contributed by atoms with E-state index in [0.29, 0.717) is 6.61 Å². The van der Waals surface area contributed by atoms with Crippen LogP contribution in [-0.2, 0) is 5.54 Å². The zero-order valence-corrected chi connectivity index (χ0v) is 9.71. The molecule has 0 amide bonds. The maximum Gasteiger partial charge on any atom is 0.124 e. The number of hydrogen-bond acceptors (Lipinski definition) is 2. The fourth-order valence-electron chi connectivity index (χ4n) is 2.23. The number of benzene rings is 1. The van der Waals surface area contributed by atoms with Crippen molar-refractivity contribution in [1.29, 1.82) is 0 Å². The minimum absolute atomic E-state index is 0.195. The second kappa shape index (κ2) is 3.24. The number of nitrogens with two attached hydrogens (primary N) is 1. The van der Waals surface area contributed by atoms with Gasteiger partial charge in [-0.05, 0) is 24.8 Å². The van der Waals surface area contributed by atoms with Crippen LogP contribution in [0.15, 0.2) is 24.3 Å². The lowest BCUT2D eigenvalue weighted by Gasteiger charge is -2.19. The third-order valence-corrected chi connectivity index (χ3v) is 3.47. The highest BCUT2D eigenvalue weighted by Crippen LogP contribution is 2.61. The summed E-state index contributed by atoms with van der Waals surface area (Å²) in [5.41, 5.74) is 7.55. The highest BCUT2D eigenvalue weighted by molar-refractivity contribution is 5.45. The van der Waals surface area contributed by atoms with Crippen molar-refractivity contribution in [2.24, 2.45) is 11.1 Å².